The van der Waals surface area contributed by atoms with Crippen LogP contribution in [0.5, 0.6) is 0 Å². The average Bonchev–Trinajstić information content (AvgIpc) is 3.09. The predicted octanol–water partition coefficient (Wildman–Crippen LogP) is 3.77. The molecule has 0 spiro atoms. The molecule has 2 amide bonds. The summed E-state index contributed by atoms with van der Waals surface area (Å²) in [5.74, 6) is 1.52. The summed E-state index contributed by atoms with van der Waals surface area (Å²) in [5, 5.41) is 13.0. The summed E-state index contributed by atoms with van der Waals surface area (Å²) in [7, 11) is 0. The number of rotatable bonds is 5. The fourth-order valence-electron chi connectivity index (χ4n) is 3.27. The van der Waals surface area contributed by atoms with E-state index in [1.54, 1.807) is 6.92 Å². The van der Waals surface area contributed by atoms with Crippen LogP contribution in [0.25, 0.3) is 11.3 Å². The fourth-order valence-corrected chi connectivity index (χ4v) is 3.27. The second-order valence-corrected chi connectivity index (χ2v) is 6.81. The van der Waals surface area contributed by atoms with Gasteiger partial charge in [-0.25, -0.2) is 9.78 Å². The van der Waals surface area contributed by atoms with Crippen molar-refractivity contribution < 1.29 is 9.32 Å². The lowest BCUT2D eigenvalue weighted by Crippen LogP contribution is -2.31. The zero-order chi connectivity index (χ0) is 19.3. The van der Waals surface area contributed by atoms with Gasteiger partial charge in [0.05, 0.1) is 0 Å². The van der Waals surface area contributed by atoms with Gasteiger partial charge in [-0.15, -0.1) is 0 Å². The minimum atomic E-state index is -0.292. The van der Waals surface area contributed by atoms with Crippen molar-refractivity contribution in [2.75, 3.05) is 23.7 Å². The highest BCUT2D eigenvalue weighted by Crippen LogP contribution is 2.30. The Labute approximate surface area is 163 Å². The van der Waals surface area contributed by atoms with Crippen LogP contribution < -0.4 is 16.0 Å². The van der Waals surface area contributed by atoms with Crippen LogP contribution in [0.15, 0.2) is 47.0 Å². The third-order valence-electron chi connectivity index (χ3n) is 4.76. The first-order valence-corrected chi connectivity index (χ1v) is 9.50. The summed E-state index contributed by atoms with van der Waals surface area (Å²) < 4.78 is 5.40. The van der Waals surface area contributed by atoms with Crippen LogP contribution in [-0.4, -0.2) is 29.3 Å². The molecular weight excluding hydrogens is 354 g/mol. The molecule has 7 nitrogen and oxygen atoms in total. The number of nitrogens with one attached hydrogen (secondary N) is 3. The van der Waals surface area contributed by atoms with E-state index in [0.29, 0.717) is 30.1 Å². The van der Waals surface area contributed by atoms with Crippen molar-refractivity contribution in [3.8, 4) is 11.3 Å². The maximum Gasteiger partial charge on any atom is 0.319 e. The molecule has 1 aliphatic rings. The summed E-state index contributed by atoms with van der Waals surface area (Å²) in [5.41, 5.74) is 4.30. The quantitative estimate of drug-likeness (QED) is 0.629. The molecule has 0 saturated carbocycles. The van der Waals surface area contributed by atoms with Gasteiger partial charge in [-0.2, -0.15) is 0 Å². The summed E-state index contributed by atoms with van der Waals surface area (Å²) in [6, 6.07) is 13.4. The topological polar surface area (TPSA) is 92.1 Å². The van der Waals surface area contributed by atoms with E-state index in [1.807, 2.05) is 36.4 Å². The minimum absolute atomic E-state index is 0.292. The number of hydrogen-bond donors (Lipinski definition) is 3. The number of amides is 2. The molecule has 1 aliphatic heterocycles. The van der Waals surface area contributed by atoms with Crippen molar-refractivity contribution >= 4 is 17.5 Å². The van der Waals surface area contributed by atoms with E-state index in [2.05, 4.69) is 32.2 Å². The van der Waals surface area contributed by atoms with Crippen molar-refractivity contribution in [2.45, 2.75) is 26.2 Å². The molecule has 1 aromatic carbocycles. The zero-order valence-electron chi connectivity index (χ0n) is 15.8. The van der Waals surface area contributed by atoms with Crippen molar-refractivity contribution in [3.05, 3.63) is 59.4 Å². The van der Waals surface area contributed by atoms with E-state index < -0.39 is 0 Å². The van der Waals surface area contributed by atoms with E-state index in [4.69, 9.17) is 4.52 Å². The van der Waals surface area contributed by atoms with E-state index in [1.165, 1.54) is 5.56 Å². The van der Waals surface area contributed by atoms with E-state index in [0.717, 1.165) is 36.5 Å². The van der Waals surface area contributed by atoms with Gasteiger partial charge in [0.25, 0.3) is 0 Å². The summed E-state index contributed by atoms with van der Waals surface area (Å²) in [6.45, 7) is 3.25. The van der Waals surface area contributed by atoms with Crippen molar-refractivity contribution in [1.82, 2.24) is 15.5 Å². The molecule has 7 heteroatoms. The van der Waals surface area contributed by atoms with Crippen molar-refractivity contribution in [1.29, 1.82) is 0 Å². The van der Waals surface area contributed by atoms with Crippen LogP contribution in [0.3, 0.4) is 0 Å². The number of nitrogens with zero attached hydrogens (tertiary/aromatic N) is 2. The zero-order valence-corrected chi connectivity index (χ0v) is 15.8. The molecule has 3 N–H and O–H groups in total. The van der Waals surface area contributed by atoms with Gasteiger partial charge in [-0.05, 0) is 31.4 Å². The van der Waals surface area contributed by atoms with Gasteiger partial charge in [0.1, 0.15) is 17.2 Å². The number of aromatic nitrogens is 2. The highest BCUT2D eigenvalue weighted by Gasteiger charge is 2.17. The number of pyridine rings is 1. The van der Waals surface area contributed by atoms with Gasteiger partial charge in [-0.3, -0.25) is 0 Å². The van der Waals surface area contributed by atoms with Gasteiger partial charge in [-0.1, -0.05) is 41.6 Å². The summed E-state index contributed by atoms with van der Waals surface area (Å²) in [6.07, 6.45) is 2.87. The Morgan fingerprint density at radius 2 is 2.07 bits per heavy atom. The minimum Gasteiger partial charge on any atom is -0.370 e. The lowest BCUT2D eigenvalue weighted by Gasteiger charge is -2.17. The second-order valence-electron chi connectivity index (χ2n) is 6.81. The Bertz CT molecular complexity index is 968. The van der Waals surface area contributed by atoms with Gasteiger partial charge < -0.3 is 20.5 Å². The lowest BCUT2D eigenvalue weighted by molar-refractivity contribution is 0.252. The standard InChI is InChI=1S/C21H23N5O2/c1-14-18(19(28-26-14)15-6-3-2-4-7-15)25-21(27)23-13-11-17-10-9-16-8-5-12-22-20(16)24-17/h2-4,6-7,9-10H,5,8,11-13H2,1H3,(H,22,24)(H2,23,25,27). The lowest BCUT2D eigenvalue weighted by atomic mass is 10.1. The molecule has 0 atom stereocenters. The van der Waals surface area contributed by atoms with E-state index in [-0.39, 0.29) is 6.03 Å². The van der Waals surface area contributed by atoms with Crippen LogP contribution in [0.1, 0.15) is 23.4 Å². The molecular formula is C21H23N5O2. The summed E-state index contributed by atoms with van der Waals surface area (Å²) >= 11 is 0. The number of fused-ring (bicyclic) bond motifs is 1. The van der Waals surface area contributed by atoms with Crippen LogP contribution in [-0.2, 0) is 12.8 Å². The highest BCUT2D eigenvalue weighted by molar-refractivity contribution is 5.93. The van der Waals surface area contributed by atoms with Gasteiger partial charge in [0, 0.05) is 30.8 Å². The molecule has 3 heterocycles. The van der Waals surface area contributed by atoms with Crippen LogP contribution in [0, 0.1) is 6.92 Å². The molecule has 0 radical (unpaired) electrons. The monoisotopic (exact) mass is 377 g/mol. The van der Waals surface area contributed by atoms with Crippen LogP contribution in [0.2, 0.25) is 0 Å². The highest BCUT2D eigenvalue weighted by atomic mass is 16.5. The number of benzene rings is 1. The Morgan fingerprint density at radius 3 is 2.93 bits per heavy atom. The Kier molecular flexibility index (Phi) is 5.23. The molecule has 0 bridgehead atoms. The molecule has 28 heavy (non-hydrogen) atoms. The smallest absolute Gasteiger partial charge is 0.319 e. The van der Waals surface area contributed by atoms with Gasteiger partial charge in [0.15, 0.2) is 5.76 Å². The summed E-state index contributed by atoms with van der Waals surface area (Å²) in [4.78, 5) is 17.0. The number of anilines is 2. The van der Waals surface area contributed by atoms with Crippen LogP contribution in [0.4, 0.5) is 16.3 Å². The Balaban J connectivity index is 1.35. The van der Waals surface area contributed by atoms with Crippen LogP contribution >= 0.6 is 0 Å². The molecule has 0 unspecified atom stereocenters. The number of hydrogen-bond acceptors (Lipinski definition) is 5. The number of urea groups is 1. The Hall–Kier alpha value is -3.35. The van der Waals surface area contributed by atoms with E-state index in [9.17, 15) is 4.79 Å². The van der Waals surface area contributed by atoms with E-state index >= 15 is 0 Å². The first-order chi connectivity index (χ1) is 13.7. The maximum absolute atomic E-state index is 12.3. The third-order valence-corrected chi connectivity index (χ3v) is 4.76. The maximum atomic E-state index is 12.3. The second kappa shape index (κ2) is 8.12. The number of carbonyl (C=O) groups excluding carboxylic acids is 1. The SMILES string of the molecule is Cc1noc(-c2ccccc2)c1NC(=O)NCCc1ccc2c(n1)NCCC2. The Morgan fingerprint density at radius 1 is 1.21 bits per heavy atom. The normalized spacial score (nSPS) is 12.8. The molecule has 4 rings (SSSR count). The van der Waals surface area contributed by atoms with Gasteiger partial charge in [0.2, 0.25) is 0 Å². The molecule has 144 valence electrons. The molecule has 0 saturated heterocycles. The number of carbonyl (C=O) groups is 1. The molecule has 2 aromatic heterocycles. The average molecular weight is 377 g/mol. The molecule has 3 aromatic rings. The number of aryl methyl sites for hydroxylation is 2. The van der Waals surface area contributed by atoms with Crippen molar-refractivity contribution in [2.24, 2.45) is 0 Å². The first kappa shape index (κ1) is 18.0. The third kappa shape index (κ3) is 3.98. The fraction of sp³-hybridized carbons (Fsp3) is 0.286. The first-order valence-electron chi connectivity index (χ1n) is 9.50. The molecule has 0 fully saturated rings. The van der Waals surface area contributed by atoms with Crippen molar-refractivity contribution in [3.63, 3.8) is 0 Å². The largest absolute Gasteiger partial charge is 0.370 e. The molecule has 0 aliphatic carbocycles. The van der Waals surface area contributed by atoms with Gasteiger partial charge >= 0.3 is 6.03 Å². The predicted molar refractivity (Wildman–Crippen MR) is 108 cm³/mol.